The normalized spacial score (nSPS) is 24.8. The van der Waals surface area contributed by atoms with E-state index in [1.807, 2.05) is 18.2 Å². The summed E-state index contributed by atoms with van der Waals surface area (Å²) in [6, 6.07) is 6.46. The van der Waals surface area contributed by atoms with Crippen molar-refractivity contribution in [2.45, 2.75) is 51.6 Å². The standard InChI is InChI=1S/C15H21Cl2N/c1-11-4-2-6-13(9-8-11)18-10-12-5-3-7-14(16)15(12)17/h3,5,7,11,13,18H,2,4,6,8-10H2,1H3. The first kappa shape index (κ1) is 14.2. The van der Waals surface area contributed by atoms with Gasteiger partial charge in [0.05, 0.1) is 10.0 Å². The van der Waals surface area contributed by atoms with Gasteiger partial charge in [-0.2, -0.15) is 0 Å². The van der Waals surface area contributed by atoms with E-state index in [1.54, 1.807) is 0 Å². The summed E-state index contributed by atoms with van der Waals surface area (Å²) >= 11 is 12.2. The fraction of sp³-hybridized carbons (Fsp3) is 0.600. The maximum absolute atomic E-state index is 6.19. The van der Waals surface area contributed by atoms with Gasteiger partial charge in [-0.1, -0.05) is 55.1 Å². The molecule has 1 aromatic rings. The molecule has 2 unspecified atom stereocenters. The molecule has 2 atom stereocenters. The van der Waals surface area contributed by atoms with Gasteiger partial charge < -0.3 is 5.32 Å². The van der Waals surface area contributed by atoms with Crippen LogP contribution in [0.1, 0.15) is 44.6 Å². The fourth-order valence-corrected chi connectivity index (χ4v) is 3.02. The zero-order valence-corrected chi connectivity index (χ0v) is 12.4. The van der Waals surface area contributed by atoms with Gasteiger partial charge in [-0.05, 0) is 36.8 Å². The van der Waals surface area contributed by atoms with Gasteiger partial charge in [-0.15, -0.1) is 0 Å². The molecule has 0 aromatic heterocycles. The van der Waals surface area contributed by atoms with Crippen molar-refractivity contribution >= 4 is 23.2 Å². The Hall–Kier alpha value is -0.240. The van der Waals surface area contributed by atoms with E-state index >= 15 is 0 Å². The molecule has 3 heteroatoms. The average Bonchev–Trinajstić information content (AvgIpc) is 2.56. The number of halogens is 2. The van der Waals surface area contributed by atoms with Gasteiger partial charge in [0.25, 0.3) is 0 Å². The summed E-state index contributed by atoms with van der Waals surface area (Å²) in [5.74, 6) is 0.881. The highest BCUT2D eigenvalue weighted by molar-refractivity contribution is 6.42. The maximum atomic E-state index is 6.19. The lowest BCUT2D eigenvalue weighted by molar-refractivity contribution is 0.447. The summed E-state index contributed by atoms with van der Waals surface area (Å²) in [6.07, 6.45) is 6.60. The second-order valence-corrected chi connectivity index (χ2v) is 6.19. The Kier molecular flexibility index (Phi) is 5.35. The lowest BCUT2D eigenvalue weighted by Crippen LogP contribution is -2.28. The van der Waals surface area contributed by atoms with E-state index in [0.717, 1.165) is 18.0 Å². The van der Waals surface area contributed by atoms with Crippen molar-refractivity contribution in [1.29, 1.82) is 0 Å². The van der Waals surface area contributed by atoms with E-state index in [4.69, 9.17) is 23.2 Å². The van der Waals surface area contributed by atoms with Crippen LogP contribution in [0.3, 0.4) is 0 Å². The molecule has 1 saturated carbocycles. The number of hydrogen-bond acceptors (Lipinski definition) is 1. The molecule has 1 aromatic carbocycles. The second-order valence-electron chi connectivity index (χ2n) is 5.40. The average molecular weight is 286 g/mol. The Balaban J connectivity index is 1.89. The summed E-state index contributed by atoms with van der Waals surface area (Å²) < 4.78 is 0. The molecule has 1 aliphatic carbocycles. The fourth-order valence-electron chi connectivity index (χ4n) is 2.63. The second kappa shape index (κ2) is 6.79. The lowest BCUT2D eigenvalue weighted by atomic mass is 10.0. The highest BCUT2D eigenvalue weighted by atomic mass is 35.5. The van der Waals surface area contributed by atoms with Crippen LogP contribution in [0.4, 0.5) is 0 Å². The predicted molar refractivity (Wildman–Crippen MR) is 79.3 cm³/mol. The van der Waals surface area contributed by atoms with Crippen molar-refractivity contribution in [3.05, 3.63) is 33.8 Å². The summed E-state index contributed by atoms with van der Waals surface area (Å²) in [6.45, 7) is 3.18. The van der Waals surface area contributed by atoms with E-state index in [2.05, 4.69) is 12.2 Å². The molecule has 0 aliphatic heterocycles. The molecular weight excluding hydrogens is 265 g/mol. The predicted octanol–water partition coefficient (Wildman–Crippen LogP) is 5.05. The van der Waals surface area contributed by atoms with E-state index < -0.39 is 0 Å². The Morgan fingerprint density at radius 2 is 2.00 bits per heavy atom. The van der Waals surface area contributed by atoms with Crippen molar-refractivity contribution in [3.63, 3.8) is 0 Å². The smallest absolute Gasteiger partial charge is 0.0637 e. The molecule has 0 heterocycles. The van der Waals surface area contributed by atoms with Gasteiger partial charge in [-0.25, -0.2) is 0 Å². The monoisotopic (exact) mass is 285 g/mol. The van der Waals surface area contributed by atoms with Crippen LogP contribution in [0.2, 0.25) is 10.0 Å². The van der Waals surface area contributed by atoms with Gasteiger partial charge in [0, 0.05) is 12.6 Å². The van der Waals surface area contributed by atoms with Crippen LogP contribution in [0.25, 0.3) is 0 Å². The summed E-state index contributed by atoms with van der Waals surface area (Å²) in [5, 5.41) is 4.96. The minimum absolute atomic E-state index is 0.630. The third kappa shape index (κ3) is 3.88. The van der Waals surface area contributed by atoms with Crippen LogP contribution in [0.15, 0.2) is 18.2 Å². The van der Waals surface area contributed by atoms with Crippen LogP contribution in [-0.2, 0) is 6.54 Å². The minimum atomic E-state index is 0.630. The molecule has 0 amide bonds. The Morgan fingerprint density at radius 3 is 2.83 bits per heavy atom. The zero-order valence-electron chi connectivity index (χ0n) is 10.9. The first-order valence-electron chi connectivity index (χ1n) is 6.83. The molecule has 0 spiro atoms. The molecule has 0 radical (unpaired) electrons. The summed E-state index contributed by atoms with van der Waals surface area (Å²) in [4.78, 5) is 0. The molecule has 100 valence electrons. The van der Waals surface area contributed by atoms with Crippen molar-refractivity contribution in [2.24, 2.45) is 5.92 Å². The highest BCUT2D eigenvalue weighted by Crippen LogP contribution is 2.26. The highest BCUT2D eigenvalue weighted by Gasteiger charge is 2.16. The van der Waals surface area contributed by atoms with Crippen molar-refractivity contribution < 1.29 is 0 Å². The van der Waals surface area contributed by atoms with Gasteiger partial charge in [0.15, 0.2) is 0 Å². The number of hydrogen-bond donors (Lipinski definition) is 1. The molecule has 0 saturated heterocycles. The zero-order chi connectivity index (χ0) is 13.0. The Bertz CT molecular complexity index is 392. The van der Waals surface area contributed by atoms with Crippen LogP contribution in [-0.4, -0.2) is 6.04 Å². The number of nitrogens with one attached hydrogen (secondary N) is 1. The number of benzene rings is 1. The molecule has 1 N–H and O–H groups in total. The quantitative estimate of drug-likeness (QED) is 0.766. The summed E-state index contributed by atoms with van der Waals surface area (Å²) in [5.41, 5.74) is 1.10. The maximum Gasteiger partial charge on any atom is 0.0637 e. The molecular formula is C15H21Cl2N. The van der Waals surface area contributed by atoms with Crippen LogP contribution >= 0.6 is 23.2 Å². The molecule has 2 rings (SSSR count). The Labute approximate surface area is 120 Å². The molecule has 1 nitrogen and oxygen atoms in total. The summed E-state index contributed by atoms with van der Waals surface area (Å²) in [7, 11) is 0. The third-order valence-corrected chi connectivity index (χ3v) is 4.73. The lowest BCUT2D eigenvalue weighted by Gasteiger charge is -2.17. The molecule has 1 aliphatic rings. The SMILES string of the molecule is CC1CCCC(NCc2cccc(Cl)c2Cl)CC1. The van der Waals surface area contributed by atoms with E-state index in [1.165, 1.54) is 32.1 Å². The van der Waals surface area contributed by atoms with Gasteiger partial charge in [-0.3, -0.25) is 0 Å². The van der Waals surface area contributed by atoms with Crippen LogP contribution in [0, 0.1) is 5.92 Å². The first-order chi connectivity index (χ1) is 8.66. The molecule has 18 heavy (non-hydrogen) atoms. The van der Waals surface area contributed by atoms with Crippen molar-refractivity contribution in [2.75, 3.05) is 0 Å². The van der Waals surface area contributed by atoms with Gasteiger partial charge >= 0.3 is 0 Å². The van der Waals surface area contributed by atoms with E-state index in [0.29, 0.717) is 16.1 Å². The molecule has 0 bridgehead atoms. The minimum Gasteiger partial charge on any atom is -0.310 e. The topological polar surface area (TPSA) is 12.0 Å². The van der Waals surface area contributed by atoms with Crippen molar-refractivity contribution in [1.82, 2.24) is 5.32 Å². The van der Waals surface area contributed by atoms with Crippen molar-refractivity contribution in [3.8, 4) is 0 Å². The Morgan fingerprint density at radius 1 is 1.17 bits per heavy atom. The first-order valence-corrected chi connectivity index (χ1v) is 7.58. The van der Waals surface area contributed by atoms with Gasteiger partial charge in [0.2, 0.25) is 0 Å². The molecule has 1 fully saturated rings. The largest absolute Gasteiger partial charge is 0.310 e. The van der Waals surface area contributed by atoms with Crippen LogP contribution < -0.4 is 5.32 Å². The van der Waals surface area contributed by atoms with Gasteiger partial charge in [0.1, 0.15) is 0 Å². The van der Waals surface area contributed by atoms with Crippen LogP contribution in [0.5, 0.6) is 0 Å². The number of rotatable bonds is 3. The van der Waals surface area contributed by atoms with E-state index in [-0.39, 0.29) is 0 Å². The van der Waals surface area contributed by atoms with E-state index in [9.17, 15) is 0 Å². The third-order valence-electron chi connectivity index (χ3n) is 3.87.